The maximum Gasteiger partial charge on any atom is 0.223 e. The van der Waals surface area contributed by atoms with Gasteiger partial charge in [0.2, 0.25) is 5.91 Å². The van der Waals surface area contributed by atoms with Crippen molar-refractivity contribution in [3.8, 4) is 0 Å². The second-order valence-electron chi connectivity index (χ2n) is 5.55. The monoisotopic (exact) mass is 274 g/mol. The Morgan fingerprint density at radius 1 is 1.28 bits per heavy atom. The van der Waals surface area contributed by atoms with Gasteiger partial charge in [0.1, 0.15) is 0 Å². The third kappa shape index (κ3) is 3.23. The highest BCUT2D eigenvalue weighted by Crippen LogP contribution is 2.31. The molecule has 1 saturated carbocycles. The molecule has 1 aliphatic heterocycles. The molecule has 0 radical (unpaired) electrons. The van der Waals surface area contributed by atoms with Crippen LogP contribution < -0.4 is 11.1 Å². The van der Waals surface area contributed by atoms with Gasteiger partial charge in [-0.05, 0) is 37.6 Å². The van der Waals surface area contributed by atoms with Crippen molar-refractivity contribution in [3.63, 3.8) is 0 Å². The normalized spacial score (nSPS) is 34.6. The average molecular weight is 274 g/mol. The molecule has 6 heteroatoms. The summed E-state index contributed by atoms with van der Waals surface area (Å²) in [5, 5.41) is 2.91. The number of carbonyl (C=O) groups is 1. The molecule has 1 heterocycles. The molecule has 0 aromatic carbocycles. The lowest BCUT2D eigenvalue weighted by Gasteiger charge is -2.18. The lowest BCUT2D eigenvalue weighted by atomic mass is 9.95. The Kier molecular flexibility index (Phi) is 4.27. The van der Waals surface area contributed by atoms with Crippen molar-refractivity contribution in [1.29, 1.82) is 0 Å². The zero-order valence-corrected chi connectivity index (χ0v) is 11.4. The van der Waals surface area contributed by atoms with E-state index in [2.05, 4.69) is 5.32 Å². The fourth-order valence-corrected chi connectivity index (χ4v) is 4.94. The van der Waals surface area contributed by atoms with Crippen LogP contribution in [-0.4, -0.2) is 38.9 Å². The molecule has 3 unspecified atom stereocenters. The van der Waals surface area contributed by atoms with Crippen molar-refractivity contribution in [2.45, 2.75) is 25.7 Å². The van der Waals surface area contributed by atoms with Gasteiger partial charge in [0, 0.05) is 12.5 Å². The number of rotatable bonds is 4. The Bertz CT molecular complexity index is 408. The number of sulfone groups is 1. The standard InChI is InChI=1S/C12H22N2O3S/c13-6-10-2-1-3-11(10)12(15)14-7-9-4-5-18(16,17)8-9/h9-11H,1-8,13H2,(H,14,15). The molecular weight excluding hydrogens is 252 g/mol. The Morgan fingerprint density at radius 2 is 2.06 bits per heavy atom. The first kappa shape index (κ1) is 13.8. The van der Waals surface area contributed by atoms with E-state index in [0.29, 0.717) is 25.4 Å². The van der Waals surface area contributed by atoms with E-state index in [1.807, 2.05) is 0 Å². The fraction of sp³-hybridized carbons (Fsp3) is 0.917. The predicted molar refractivity (Wildman–Crippen MR) is 69.7 cm³/mol. The Labute approximate surface area is 108 Å². The van der Waals surface area contributed by atoms with Gasteiger partial charge >= 0.3 is 0 Å². The highest BCUT2D eigenvalue weighted by atomic mass is 32.2. The van der Waals surface area contributed by atoms with Crippen LogP contribution in [0.2, 0.25) is 0 Å². The Morgan fingerprint density at radius 3 is 2.67 bits per heavy atom. The lowest BCUT2D eigenvalue weighted by molar-refractivity contribution is -0.126. The van der Waals surface area contributed by atoms with Gasteiger partial charge in [-0.15, -0.1) is 0 Å². The quantitative estimate of drug-likeness (QED) is 0.750. The van der Waals surface area contributed by atoms with Crippen LogP contribution in [0.25, 0.3) is 0 Å². The number of nitrogens with one attached hydrogen (secondary N) is 1. The molecule has 2 fully saturated rings. The molecule has 5 nitrogen and oxygen atoms in total. The highest BCUT2D eigenvalue weighted by molar-refractivity contribution is 7.91. The summed E-state index contributed by atoms with van der Waals surface area (Å²) in [6.07, 6.45) is 3.69. The number of amides is 1. The van der Waals surface area contributed by atoms with Crippen molar-refractivity contribution in [3.05, 3.63) is 0 Å². The van der Waals surface area contributed by atoms with Crippen LogP contribution in [0.4, 0.5) is 0 Å². The third-order valence-corrected chi connectivity index (χ3v) is 6.03. The van der Waals surface area contributed by atoms with Gasteiger partial charge < -0.3 is 11.1 Å². The molecule has 0 bridgehead atoms. The van der Waals surface area contributed by atoms with Gasteiger partial charge in [-0.2, -0.15) is 0 Å². The van der Waals surface area contributed by atoms with Crippen molar-refractivity contribution < 1.29 is 13.2 Å². The zero-order chi connectivity index (χ0) is 13.2. The van der Waals surface area contributed by atoms with Crippen LogP contribution in [0.3, 0.4) is 0 Å². The zero-order valence-electron chi connectivity index (χ0n) is 10.6. The summed E-state index contributed by atoms with van der Waals surface area (Å²) < 4.78 is 22.6. The summed E-state index contributed by atoms with van der Waals surface area (Å²) in [5.74, 6) is 0.981. The molecule has 0 spiro atoms. The van der Waals surface area contributed by atoms with E-state index >= 15 is 0 Å². The molecule has 3 N–H and O–H groups in total. The summed E-state index contributed by atoms with van der Waals surface area (Å²) in [5.41, 5.74) is 5.66. The van der Waals surface area contributed by atoms with Gasteiger partial charge in [-0.25, -0.2) is 8.42 Å². The molecule has 104 valence electrons. The minimum absolute atomic E-state index is 0.0352. The second kappa shape index (κ2) is 5.57. The van der Waals surface area contributed by atoms with E-state index in [9.17, 15) is 13.2 Å². The van der Waals surface area contributed by atoms with E-state index < -0.39 is 9.84 Å². The summed E-state index contributed by atoms with van der Waals surface area (Å²) in [4.78, 5) is 12.0. The van der Waals surface area contributed by atoms with Crippen LogP contribution in [0.15, 0.2) is 0 Å². The van der Waals surface area contributed by atoms with Crippen LogP contribution in [0.5, 0.6) is 0 Å². The first-order chi connectivity index (χ1) is 8.52. The highest BCUT2D eigenvalue weighted by Gasteiger charge is 2.33. The van der Waals surface area contributed by atoms with Crippen molar-refractivity contribution >= 4 is 15.7 Å². The number of hydrogen-bond donors (Lipinski definition) is 2. The number of carbonyl (C=O) groups excluding carboxylic acids is 1. The molecule has 0 aromatic heterocycles. The Hall–Kier alpha value is -0.620. The van der Waals surface area contributed by atoms with Gasteiger partial charge in [0.05, 0.1) is 11.5 Å². The van der Waals surface area contributed by atoms with Crippen molar-refractivity contribution in [1.82, 2.24) is 5.32 Å². The first-order valence-corrected chi connectivity index (χ1v) is 8.52. The van der Waals surface area contributed by atoms with Crippen molar-refractivity contribution in [2.75, 3.05) is 24.6 Å². The molecule has 2 rings (SSSR count). The van der Waals surface area contributed by atoms with E-state index in [0.717, 1.165) is 19.3 Å². The van der Waals surface area contributed by atoms with Crippen molar-refractivity contribution in [2.24, 2.45) is 23.5 Å². The Balaban J connectivity index is 1.78. The molecule has 2 aliphatic rings. The molecule has 18 heavy (non-hydrogen) atoms. The minimum atomic E-state index is -2.85. The molecule has 1 amide bonds. The van der Waals surface area contributed by atoms with Crippen LogP contribution in [-0.2, 0) is 14.6 Å². The maximum absolute atomic E-state index is 12.0. The van der Waals surface area contributed by atoms with Gasteiger partial charge in [-0.1, -0.05) is 6.42 Å². The molecule has 3 atom stereocenters. The van der Waals surface area contributed by atoms with Gasteiger partial charge in [-0.3, -0.25) is 4.79 Å². The van der Waals surface area contributed by atoms with E-state index in [-0.39, 0.29) is 29.2 Å². The van der Waals surface area contributed by atoms with E-state index in [4.69, 9.17) is 5.73 Å². The van der Waals surface area contributed by atoms with Gasteiger partial charge in [0.15, 0.2) is 9.84 Å². The van der Waals surface area contributed by atoms with Crippen LogP contribution in [0.1, 0.15) is 25.7 Å². The molecule has 1 aliphatic carbocycles. The largest absolute Gasteiger partial charge is 0.356 e. The van der Waals surface area contributed by atoms with E-state index in [1.165, 1.54) is 0 Å². The number of hydrogen-bond acceptors (Lipinski definition) is 4. The average Bonchev–Trinajstić information content (AvgIpc) is 2.92. The van der Waals surface area contributed by atoms with Gasteiger partial charge in [0.25, 0.3) is 0 Å². The molecular formula is C12H22N2O3S. The smallest absolute Gasteiger partial charge is 0.223 e. The summed E-state index contributed by atoms with van der Waals surface area (Å²) in [6.45, 7) is 1.06. The minimum Gasteiger partial charge on any atom is -0.356 e. The third-order valence-electron chi connectivity index (χ3n) is 4.19. The summed E-state index contributed by atoms with van der Waals surface area (Å²) in [6, 6.07) is 0. The summed E-state index contributed by atoms with van der Waals surface area (Å²) in [7, 11) is -2.85. The van der Waals surface area contributed by atoms with Crippen LogP contribution in [0, 0.1) is 17.8 Å². The van der Waals surface area contributed by atoms with E-state index in [1.54, 1.807) is 0 Å². The second-order valence-corrected chi connectivity index (χ2v) is 7.78. The maximum atomic E-state index is 12.0. The number of nitrogens with two attached hydrogens (primary N) is 1. The SMILES string of the molecule is NCC1CCCC1C(=O)NCC1CCS(=O)(=O)C1. The fourth-order valence-electron chi connectivity index (χ4n) is 3.07. The predicted octanol–water partition coefficient (Wildman–Crippen LogP) is -0.0877. The first-order valence-electron chi connectivity index (χ1n) is 6.70. The summed E-state index contributed by atoms with van der Waals surface area (Å²) >= 11 is 0. The van der Waals surface area contributed by atoms with Crippen LogP contribution >= 0.6 is 0 Å². The lowest BCUT2D eigenvalue weighted by Crippen LogP contribution is -2.37. The topological polar surface area (TPSA) is 89.3 Å². The molecule has 1 saturated heterocycles. The molecule has 0 aromatic rings.